The van der Waals surface area contributed by atoms with E-state index in [1.165, 1.54) is 26.2 Å². The third-order valence-corrected chi connectivity index (χ3v) is 5.50. The Hall–Kier alpha value is -2.78. The molecule has 0 fully saturated rings. The maximum Gasteiger partial charge on any atom is 0.245 e. The van der Waals surface area contributed by atoms with E-state index in [0.29, 0.717) is 11.3 Å². The lowest BCUT2D eigenvalue weighted by molar-refractivity contribution is 0.304. The first-order valence-corrected chi connectivity index (χ1v) is 9.11. The van der Waals surface area contributed by atoms with Gasteiger partial charge in [0, 0.05) is 20.3 Å². The molecule has 0 radical (unpaired) electrons. The second-order valence-corrected chi connectivity index (χ2v) is 7.81. The Bertz CT molecular complexity index is 987. The minimum absolute atomic E-state index is 0.0846. The van der Waals surface area contributed by atoms with Crippen LogP contribution in [-0.4, -0.2) is 42.0 Å². The van der Waals surface area contributed by atoms with Gasteiger partial charge in [0.25, 0.3) is 0 Å². The Balaban J connectivity index is 1.74. The number of rotatable bonds is 6. The van der Waals surface area contributed by atoms with Crippen molar-refractivity contribution < 1.29 is 17.5 Å². The molecule has 136 valence electrons. The van der Waals surface area contributed by atoms with Gasteiger partial charge < -0.3 is 4.74 Å². The zero-order valence-electron chi connectivity index (χ0n) is 14.2. The van der Waals surface area contributed by atoms with Crippen molar-refractivity contribution in [3.05, 3.63) is 60.2 Å². The third-order valence-electron chi connectivity index (χ3n) is 3.67. The van der Waals surface area contributed by atoms with Gasteiger partial charge in [-0.2, -0.15) is 5.10 Å². The van der Waals surface area contributed by atoms with E-state index in [1.54, 1.807) is 30.6 Å². The Morgan fingerprint density at radius 3 is 2.62 bits per heavy atom. The second kappa shape index (κ2) is 7.22. The van der Waals surface area contributed by atoms with Crippen LogP contribution in [0.3, 0.4) is 0 Å². The molecule has 0 aliphatic heterocycles. The summed E-state index contributed by atoms with van der Waals surface area (Å²) >= 11 is 0. The molecule has 1 N–H and O–H groups in total. The van der Waals surface area contributed by atoms with Crippen molar-refractivity contribution in [3.8, 4) is 17.1 Å². The highest BCUT2D eigenvalue weighted by Gasteiger charge is 2.22. The second-order valence-electron chi connectivity index (χ2n) is 5.69. The van der Waals surface area contributed by atoms with Crippen LogP contribution >= 0.6 is 0 Å². The molecule has 0 aliphatic carbocycles. The smallest absolute Gasteiger partial charge is 0.245 e. The zero-order chi connectivity index (χ0) is 18.7. The van der Waals surface area contributed by atoms with E-state index in [0.717, 1.165) is 21.8 Å². The van der Waals surface area contributed by atoms with Gasteiger partial charge in [0.15, 0.2) is 0 Å². The molecule has 0 atom stereocenters. The number of H-pyrrole nitrogens is 1. The fraction of sp³-hybridized carbons (Fsp3) is 0.176. The van der Waals surface area contributed by atoms with Gasteiger partial charge in [-0.05, 0) is 35.9 Å². The summed E-state index contributed by atoms with van der Waals surface area (Å²) in [5.41, 5.74) is 2.04. The summed E-state index contributed by atoms with van der Waals surface area (Å²) in [4.78, 5) is 3.89. The molecule has 9 heteroatoms. The number of hydrogen-bond donors (Lipinski definition) is 1. The van der Waals surface area contributed by atoms with Gasteiger partial charge in [-0.15, -0.1) is 0 Å². The minimum Gasteiger partial charge on any atom is -0.487 e. The van der Waals surface area contributed by atoms with Gasteiger partial charge in [-0.25, -0.2) is 17.1 Å². The minimum atomic E-state index is -3.86. The number of sulfonamides is 1. The number of nitrogens with one attached hydrogen (secondary N) is 1. The van der Waals surface area contributed by atoms with Crippen molar-refractivity contribution in [3.63, 3.8) is 0 Å². The molecule has 2 heterocycles. The third kappa shape index (κ3) is 3.73. The standard InChI is InChI=1S/C17H17FN4O3S/c1-22(2)26(23,24)17-9-12(3-5-14(17)18)11-25-13-4-6-15(19-10-13)16-7-8-20-21-16/h3-10H,11H2,1-2H3,(H,20,21). The van der Waals surface area contributed by atoms with Crippen LogP contribution in [0.5, 0.6) is 5.75 Å². The lowest BCUT2D eigenvalue weighted by Gasteiger charge is -2.13. The van der Waals surface area contributed by atoms with Crippen LogP contribution in [0.2, 0.25) is 0 Å². The Kier molecular flexibility index (Phi) is 5.01. The molecule has 3 rings (SSSR count). The quantitative estimate of drug-likeness (QED) is 0.714. The van der Waals surface area contributed by atoms with Gasteiger partial charge in [0.05, 0.1) is 17.6 Å². The normalized spacial score (nSPS) is 11.7. The average molecular weight is 376 g/mol. The van der Waals surface area contributed by atoms with Crippen molar-refractivity contribution in [2.24, 2.45) is 0 Å². The lowest BCUT2D eigenvalue weighted by atomic mass is 10.2. The van der Waals surface area contributed by atoms with Crippen LogP contribution in [0.4, 0.5) is 4.39 Å². The van der Waals surface area contributed by atoms with E-state index in [1.807, 2.05) is 0 Å². The molecule has 2 aromatic heterocycles. The van der Waals surface area contributed by atoms with Crippen LogP contribution in [0, 0.1) is 5.82 Å². The predicted molar refractivity (Wildman–Crippen MR) is 93.4 cm³/mol. The van der Waals surface area contributed by atoms with Gasteiger partial charge in [0.1, 0.15) is 23.1 Å². The van der Waals surface area contributed by atoms with Crippen LogP contribution in [0.1, 0.15) is 5.56 Å². The van der Waals surface area contributed by atoms with Crippen molar-refractivity contribution in [2.75, 3.05) is 14.1 Å². The summed E-state index contributed by atoms with van der Waals surface area (Å²) in [6.07, 6.45) is 3.19. The first-order chi connectivity index (χ1) is 12.4. The zero-order valence-corrected chi connectivity index (χ0v) is 15.0. The first-order valence-electron chi connectivity index (χ1n) is 7.67. The molecule has 3 aromatic rings. The first kappa shape index (κ1) is 18.0. The molecule has 0 bridgehead atoms. The summed E-state index contributed by atoms with van der Waals surface area (Å²) in [5.74, 6) is -0.289. The number of nitrogens with zero attached hydrogens (tertiary/aromatic N) is 3. The number of benzene rings is 1. The summed E-state index contributed by atoms with van der Waals surface area (Å²) in [5, 5.41) is 6.68. The van der Waals surface area contributed by atoms with E-state index in [4.69, 9.17) is 4.74 Å². The lowest BCUT2D eigenvalue weighted by Crippen LogP contribution is -2.23. The van der Waals surface area contributed by atoms with Crippen LogP contribution in [0.15, 0.2) is 53.7 Å². The van der Waals surface area contributed by atoms with Gasteiger partial charge in [-0.1, -0.05) is 6.07 Å². The summed E-state index contributed by atoms with van der Waals surface area (Å²) in [7, 11) is -1.16. The van der Waals surface area contributed by atoms with E-state index < -0.39 is 15.8 Å². The summed E-state index contributed by atoms with van der Waals surface area (Å²) in [6, 6.07) is 9.19. The highest BCUT2D eigenvalue weighted by molar-refractivity contribution is 7.89. The van der Waals surface area contributed by atoms with E-state index >= 15 is 0 Å². The average Bonchev–Trinajstić information content (AvgIpc) is 3.16. The maximum atomic E-state index is 13.9. The number of ether oxygens (including phenoxy) is 1. The van der Waals surface area contributed by atoms with Crippen LogP contribution < -0.4 is 4.74 Å². The highest BCUT2D eigenvalue weighted by Crippen LogP contribution is 2.21. The van der Waals surface area contributed by atoms with Crippen molar-refractivity contribution in [2.45, 2.75) is 11.5 Å². The molecular weight excluding hydrogens is 359 g/mol. The summed E-state index contributed by atoms with van der Waals surface area (Å²) in [6.45, 7) is 0.0846. The van der Waals surface area contributed by atoms with Gasteiger partial charge >= 0.3 is 0 Å². The Labute approximate surface area is 150 Å². The maximum absolute atomic E-state index is 13.9. The molecule has 0 spiro atoms. The number of pyridine rings is 1. The molecule has 0 aliphatic rings. The summed E-state index contributed by atoms with van der Waals surface area (Å²) < 4.78 is 44.8. The molecular formula is C17H17FN4O3S. The molecule has 0 amide bonds. The van der Waals surface area contributed by atoms with Crippen LogP contribution in [-0.2, 0) is 16.6 Å². The highest BCUT2D eigenvalue weighted by atomic mass is 32.2. The molecule has 0 saturated carbocycles. The fourth-order valence-corrected chi connectivity index (χ4v) is 3.23. The largest absolute Gasteiger partial charge is 0.487 e. The molecule has 26 heavy (non-hydrogen) atoms. The number of aromatic nitrogens is 3. The van der Waals surface area contributed by atoms with E-state index in [2.05, 4.69) is 15.2 Å². The van der Waals surface area contributed by atoms with Crippen LogP contribution in [0.25, 0.3) is 11.4 Å². The van der Waals surface area contributed by atoms with Gasteiger partial charge in [0.2, 0.25) is 10.0 Å². The molecule has 0 unspecified atom stereocenters. The van der Waals surface area contributed by atoms with Crippen molar-refractivity contribution >= 4 is 10.0 Å². The van der Waals surface area contributed by atoms with Crippen molar-refractivity contribution in [1.82, 2.24) is 19.5 Å². The Morgan fingerprint density at radius 1 is 1.19 bits per heavy atom. The molecule has 7 nitrogen and oxygen atoms in total. The predicted octanol–water partition coefficient (Wildman–Crippen LogP) is 2.44. The SMILES string of the molecule is CN(C)S(=O)(=O)c1cc(COc2ccc(-c3ccn[nH]3)nc2)ccc1F. The number of aromatic amines is 1. The monoisotopic (exact) mass is 376 g/mol. The number of hydrogen-bond acceptors (Lipinski definition) is 5. The van der Waals surface area contributed by atoms with E-state index in [9.17, 15) is 12.8 Å². The topological polar surface area (TPSA) is 88.2 Å². The van der Waals surface area contributed by atoms with Gasteiger partial charge in [-0.3, -0.25) is 10.1 Å². The fourth-order valence-electron chi connectivity index (χ4n) is 2.22. The molecule has 1 aromatic carbocycles. The number of halogens is 1. The molecule has 0 saturated heterocycles. The van der Waals surface area contributed by atoms with Crippen molar-refractivity contribution in [1.29, 1.82) is 0 Å². The van der Waals surface area contributed by atoms with E-state index in [-0.39, 0.29) is 11.5 Å². The Morgan fingerprint density at radius 2 is 2.00 bits per heavy atom.